The maximum Gasteiger partial charge on any atom is 0.213 e. The molecule has 2 heterocycles. The summed E-state index contributed by atoms with van der Waals surface area (Å²) in [6, 6.07) is 1.92. The molecule has 0 atom stereocenters. The number of hydrogen-bond donors (Lipinski definition) is 0. The minimum Gasteiger partial charge on any atom is -0.350 e. The minimum atomic E-state index is 0.268. The first-order chi connectivity index (χ1) is 8.34. The third-order valence-corrected chi connectivity index (χ3v) is 3.18. The summed E-state index contributed by atoms with van der Waals surface area (Å²) in [6.45, 7) is 0.794. The smallest absolute Gasteiger partial charge is 0.213 e. The van der Waals surface area contributed by atoms with Gasteiger partial charge in [-0.25, -0.2) is 0 Å². The van der Waals surface area contributed by atoms with Crippen molar-refractivity contribution in [3.63, 3.8) is 0 Å². The fraction of sp³-hybridized carbons (Fsp3) is 0.417. The Labute approximate surface area is 98.4 Å². The van der Waals surface area contributed by atoms with Gasteiger partial charge in [0.2, 0.25) is 6.39 Å². The standard InChI is InChI=1S/C12H13N3O2/c16-11-3-1-2-10-9(11)4-6-15(10)7-5-12-13-8-17-14-12/h4,6,8H,1-3,5,7H2. The molecule has 2 aromatic rings. The van der Waals surface area contributed by atoms with Gasteiger partial charge in [0, 0.05) is 36.8 Å². The Balaban J connectivity index is 1.78. The van der Waals surface area contributed by atoms with Crippen molar-refractivity contribution in [1.82, 2.24) is 14.7 Å². The van der Waals surface area contributed by atoms with Gasteiger partial charge < -0.3 is 9.09 Å². The minimum absolute atomic E-state index is 0.268. The van der Waals surface area contributed by atoms with Crippen molar-refractivity contribution >= 4 is 5.78 Å². The van der Waals surface area contributed by atoms with Gasteiger partial charge in [-0.05, 0) is 18.9 Å². The van der Waals surface area contributed by atoms with Gasteiger partial charge in [0.25, 0.3) is 0 Å². The fourth-order valence-corrected chi connectivity index (χ4v) is 2.32. The lowest BCUT2D eigenvalue weighted by Gasteiger charge is -2.14. The Hall–Kier alpha value is -1.91. The summed E-state index contributed by atoms with van der Waals surface area (Å²) in [7, 11) is 0. The molecule has 0 unspecified atom stereocenters. The van der Waals surface area contributed by atoms with E-state index in [4.69, 9.17) is 0 Å². The number of aryl methyl sites for hydroxylation is 2. The number of hydrogen-bond acceptors (Lipinski definition) is 4. The molecule has 5 nitrogen and oxygen atoms in total. The van der Waals surface area contributed by atoms with Crippen LogP contribution in [0.3, 0.4) is 0 Å². The van der Waals surface area contributed by atoms with Crippen LogP contribution in [0, 0.1) is 0 Å². The Kier molecular flexibility index (Phi) is 2.51. The predicted molar refractivity (Wildman–Crippen MR) is 59.7 cm³/mol. The van der Waals surface area contributed by atoms with Crippen molar-refractivity contribution in [2.45, 2.75) is 32.2 Å². The van der Waals surface area contributed by atoms with Gasteiger partial charge >= 0.3 is 0 Å². The number of ketones is 1. The van der Waals surface area contributed by atoms with Gasteiger partial charge in [-0.3, -0.25) is 4.79 Å². The van der Waals surface area contributed by atoms with Gasteiger partial charge in [-0.2, -0.15) is 4.98 Å². The molecule has 0 saturated carbocycles. The summed E-state index contributed by atoms with van der Waals surface area (Å²) in [6.07, 6.45) is 6.67. The van der Waals surface area contributed by atoms with Crippen LogP contribution in [0.25, 0.3) is 0 Å². The van der Waals surface area contributed by atoms with Crippen LogP contribution >= 0.6 is 0 Å². The van der Waals surface area contributed by atoms with Crippen LogP contribution in [0.15, 0.2) is 23.2 Å². The average molecular weight is 231 g/mol. The first-order valence-corrected chi connectivity index (χ1v) is 5.81. The molecule has 0 N–H and O–H groups in total. The van der Waals surface area contributed by atoms with Crippen molar-refractivity contribution in [1.29, 1.82) is 0 Å². The van der Waals surface area contributed by atoms with Crippen molar-refractivity contribution in [3.8, 4) is 0 Å². The van der Waals surface area contributed by atoms with Crippen LogP contribution in [0.4, 0.5) is 0 Å². The summed E-state index contributed by atoms with van der Waals surface area (Å²) in [5, 5.41) is 3.78. The van der Waals surface area contributed by atoms with Crippen LogP contribution in [0.2, 0.25) is 0 Å². The van der Waals surface area contributed by atoms with E-state index in [9.17, 15) is 4.79 Å². The quantitative estimate of drug-likeness (QED) is 0.805. The molecule has 0 aromatic carbocycles. The highest BCUT2D eigenvalue weighted by Gasteiger charge is 2.20. The van der Waals surface area contributed by atoms with Crippen LogP contribution in [-0.4, -0.2) is 20.5 Å². The second-order valence-corrected chi connectivity index (χ2v) is 4.24. The van der Waals surface area contributed by atoms with Crippen molar-refractivity contribution in [2.75, 3.05) is 0 Å². The zero-order chi connectivity index (χ0) is 11.7. The molecule has 2 aromatic heterocycles. The monoisotopic (exact) mass is 231 g/mol. The lowest BCUT2D eigenvalue weighted by atomic mass is 9.97. The van der Waals surface area contributed by atoms with E-state index in [1.807, 2.05) is 12.3 Å². The fourth-order valence-electron chi connectivity index (χ4n) is 2.32. The molecule has 0 bridgehead atoms. The Morgan fingerprint density at radius 1 is 1.41 bits per heavy atom. The normalized spacial score (nSPS) is 14.9. The molecule has 3 rings (SSSR count). The number of carbonyl (C=O) groups is 1. The molecule has 88 valence electrons. The Morgan fingerprint density at radius 2 is 2.35 bits per heavy atom. The molecule has 17 heavy (non-hydrogen) atoms. The number of aromatic nitrogens is 3. The van der Waals surface area contributed by atoms with E-state index in [-0.39, 0.29) is 5.78 Å². The number of Topliss-reactive ketones (excluding diaryl/α,β-unsaturated/α-hetero) is 1. The lowest BCUT2D eigenvalue weighted by Crippen LogP contribution is -2.14. The van der Waals surface area contributed by atoms with Gasteiger partial charge in [0.1, 0.15) is 0 Å². The predicted octanol–water partition coefficient (Wildman–Crippen LogP) is 1.63. The zero-order valence-corrected chi connectivity index (χ0v) is 9.43. The van der Waals surface area contributed by atoms with Gasteiger partial charge in [0.05, 0.1) is 0 Å². The maximum atomic E-state index is 11.7. The third-order valence-electron chi connectivity index (χ3n) is 3.18. The van der Waals surface area contributed by atoms with Crippen LogP contribution < -0.4 is 0 Å². The zero-order valence-electron chi connectivity index (χ0n) is 9.43. The molecule has 0 spiro atoms. The van der Waals surface area contributed by atoms with E-state index in [2.05, 4.69) is 19.2 Å². The molecular formula is C12H13N3O2. The SMILES string of the molecule is O=C1CCCc2c1ccn2CCc1ncon1. The summed E-state index contributed by atoms with van der Waals surface area (Å²) in [5.74, 6) is 0.971. The lowest BCUT2D eigenvalue weighted by molar-refractivity contribution is 0.0972. The largest absolute Gasteiger partial charge is 0.350 e. The number of rotatable bonds is 3. The Morgan fingerprint density at radius 3 is 3.18 bits per heavy atom. The second kappa shape index (κ2) is 4.16. The first-order valence-electron chi connectivity index (χ1n) is 5.81. The molecular weight excluding hydrogens is 218 g/mol. The van der Waals surface area contributed by atoms with Crippen molar-refractivity contribution in [2.24, 2.45) is 0 Å². The van der Waals surface area contributed by atoms with Crippen LogP contribution in [0.5, 0.6) is 0 Å². The van der Waals surface area contributed by atoms with Crippen molar-refractivity contribution < 1.29 is 9.32 Å². The second-order valence-electron chi connectivity index (χ2n) is 4.24. The highest BCUT2D eigenvalue weighted by atomic mass is 16.5. The molecule has 0 saturated heterocycles. The first kappa shape index (κ1) is 10.3. The summed E-state index contributed by atoms with van der Waals surface area (Å²) in [4.78, 5) is 15.7. The van der Waals surface area contributed by atoms with Crippen LogP contribution in [-0.2, 0) is 19.4 Å². The molecule has 1 aliphatic carbocycles. The molecule has 5 heteroatoms. The highest BCUT2D eigenvalue weighted by Crippen LogP contribution is 2.22. The molecule has 0 amide bonds. The summed E-state index contributed by atoms with van der Waals surface area (Å²) >= 11 is 0. The molecule has 0 aliphatic heterocycles. The van der Waals surface area contributed by atoms with E-state index < -0.39 is 0 Å². The maximum absolute atomic E-state index is 11.7. The molecule has 0 fully saturated rings. The third kappa shape index (κ3) is 1.88. The number of fused-ring (bicyclic) bond motifs is 1. The van der Waals surface area contributed by atoms with E-state index in [0.717, 1.165) is 37.1 Å². The highest BCUT2D eigenvalue weighted by molar-refractivity contribution is 5.98. The summed E-state index contributed by atoms with van der Waals surface area (Å²) in [5.41, 5.74) is 2.05. The Bertz CT molecular complexity index is 528. The van der Waals surface area contributed by atoms with Crippen molar-refractivity contribution in [3.05, 3.63) is 35.7 Å². The number of carbonyl (C=O) groups excluding carboxylic acids is 1. The van der Waals surface area contributed by atoms with E-state index in [0.29, 0.717) is 12.2 Å². The van der Waals surface area contributed by atoms with E-state index in [1.54, 1.807) is 0 Å². The van der Waals surface area contributed by atoms with Gasteiger partial charge in [-0.15, -0.1) is 0 Å². The average Bonchev–Trinajstić information content (AvgIpc) is 2.95. The molecule has 1 aliphatic rings. The topological polar surface area (TPSA) is 60.9 Å². The van der Waals surface area contributed by atoms with Crippen LogP contribution in [0.1, 0.15) is 34.7 Å². The van der Waals surface area contributed by atoms with Gasteiger partial charge in [-0.1, -0.05) is 5.16 Å². The van der Waals surface area contributed by atoms with E-state index >= 15 is 0 Å². The summed E-state index contributed by atoms with van der Waals surface area (Å²) < 4.78 is 6.82. The van der Waals surface area contributed by atoms with Gasteiger partial charge in [0.15, 0.2) is 11.6 Å². The van der Waals surface area contributed by atoms with E-state index in [1.165, 1.54) is 6.39 Å². The molecule has 0 radical (unpaired) electrons. The number of nitrogens with zero attached hydrogens (tertiary/aromatic N) is 3.